The van der Waals surface area contributed by atoms with Gasteiger partial charge in [0, 0.05) is 13.1 Å². The van der Waals surface area contributed by atoms with Gasteiger partial charge < -0.3 is 14.4 Å². The first-order chi connectivity index (χ1) is 10.3. The molecule has 1 fully saturated rings. The first kappa shape index (κ1) is 16.8. The number of methoxy groups -OCH3 is 1. The van der Waals surface area contributed by atoms with Crippen LogP contribution in [0.25, 0.3) is 0 Å². The Morgan fingerprint density at radius 3 is 2.27 bits per heavy atom. The van der Waals surface area contributed by atoms with Crippen LogP contribution in [0.15, 0.2) is 29.2 Å². The second kappa shape index (κ2) is 6.66. The Morgan fingerprint density at radius 1 is 1.23 bits per heavy atom. The predicted octanol–water partition coefficient (Wildman–Crippen LogP) is 1.10. The van der Waals surface area contributed by atoms with E-state index in [1.807, 2.05) is 13.8 Å². The Bertz CT molecular complexity index is 616. The maximum atomic E-state index is 12.3. The zero-order valence-corrected chi connectivity index (χ0v) is 13.8. The van der Waals surface area contributed by atoms with Crippen LogP contribution in [0.3, 0.4) is 0 Å². The van der Waals surface area contributed by atoms with E-state index in [9.17, 15) is 13.2 Å². The van der Waals surface area contributed by atoms with Crippen molar-refractivity contribution in [3.63, 3.8) is 0 Å². The number of amides is 1. The van der Waals surface area contributed by atoms with E-state index in [0.29, 0.717) is 18.8 Å². The lowest BCUT2D eigenvalue weighted by molar-refractivity contribution is -0.140. The number of carbonyl (C=O) groups excluding carboxylic acids is 1. The molecule has 1 aliphatic heterocycles. The SMILES string of the molecule is COc1ccc(S(=O)(=O)CC(=O)N2C[C@H](C)O[C@@H](C)C2)cc1. The summed E-state index contributed by atoms with van der Waals surface area (Å²) in [6, 6.07) is 6.03. The van der Waals surface area contributed by atoms with Crippen LogP contribution in [0, 0.1) is 0 Å². The van der Waals surface area contributed by atoms with Crippen molar-refractivity contribution in [2.24, 2.45) is 0 Å². The molecule has 7 heteroatoms. The molecule has 1 aliphatic rings. The molecule has 1 aromatic carbocycles. The van der Waals surface area contributed by atoms with Crippen molar-refractivity contribution in [2.75, 3.05) is 26.0 Å². The second-order valence-electron chi connectivity index (χ2n) is 5.49. The number of hydrogen-bond donors (Lipinski definition) is 0. The minimum atomic E-state index is -3.66. The van der Waals surface area contributed by atoms with Crippen LogP contribution < -0.4 is 4.74 Å². The Labute approximate surface area is 130 Å². The second-order valence-corrected chi connectivity index (χ2v) is 7.48. The van der Waals surface area contributed by atoms with Gasteiger partial charge in [-0.25, -0.2) is 8.42 Å². The monoisotopic (exact) mass is 327 g/mol. The van der Waals surface area contributed by atoms with Gasteiger partial charge in [-0.2, -0.15) is 0 Å². The van der Waals surface area contributed by atoms with Crippen LogP contribution in [-0.2, 0) is 19.4 Å². The maximum absolute atomic E-state index is 12.3. The van der Waals surface area contributed by atoms with E-state index in [4.69, 9.17) is 9.47 Å². The third kappa shape index (κ3) is 3.98. The van der Waals surface area contributed by atoms with E-state index in [-0.39, 0.29) is 17.1 Å². The Morgan fingerprint density at radius 2 is 1.77 bits per heavy atom. The summed E-state index contributed by atoms with van der Waals surface area (Å²) >= 11 is 0. The number of benzene rings is 1. The predicted molar refractivity (Wildman–Crippen MR) is 81.6 cm³/mol. The van der Waals surface area contributed by atoms with Crippen LogP contribution in [0.1, 0.15) is 13.8 Å². The van der Waals surface area contributed by atoms with Gasteiger partial charge in [-0.3, -0.25) is 4.79 Å². The molecule has 1 amide bonds. The van der Waals surface area contributed by atoms with Crippen molar-refractivity contribution in [3.05, 3.63) is 24.3 Å². The van der Waals surface area contributed by atoms with Crippen molar-refractivity contribution in [1.82, 2.24) is 4.90 Å². The molecule has 22 heavy (non-hydrogen) atoms. The molecule has 0 bridgehead atoms. The number of rotatable bonds is 4. The van der Waals surface area contributed by atoms with Crippen LogP contribution in [0.2, 0.25) is 0 Å². The molecule has 2 rings (SSSR count). The average molecular weight is 327 g/mol. The maximum Gasteiger partial charge on any atom is 0.238 e. The van der Waals surface area contributed by atoms with Crippen molar-refractivity contribution in [3.8, 4) is 5.75 Å². The van der Waals surface area contributed by atoms with Gasteiger partial charge in [0.05, 0.1) is 24.2 Å². The normalized spacial score (nSPS) is 22.4. The van der Waals surface area contributed by atoms with Gasteiger partial charge in [0.2, 0.25) is 5.91 Å². The summed E-state index contributed by atoms with van der Waals surface area (Å²) in [6.07, 6.45) is -0.173. The highest BCUT2D eigenvalue weighted by molar-refractivity contribution is 7.92. The first-order valence-electron chi connectivity index (χ1n) is 7.12. The van der Waals surface area contributed by atoms with Crippen molar-refractivity contribution in [2.45, 2.75) is 31.0 Å². The Hall–Kier alpha value is -1.60. The summed E-state index contributed by atoms with van der Waals surface area (Å²) < 4.78 is 35.2. The molecule has 1 saturated heterocycles. The van der Waals surface area contributed by atoms with E-state index in [0.717, 1.165) is 0 Å². The van der Waals surface area contributed by atoms with Crippen molar-refractivity contribution >= 4 is 15.7 Å². The number of hydrogen-bond acceptors (Lipinski definition) is 5. The number of sulfone groups is 1. The standard InChI is InChI=1S/C15H21NO5S/c1-11-8-16(9-12(2)21-11)15(17)10-22(18,19)14-6-4-13(20-3)5-7-14/h4-7,11-12H,8-10H2,1-3H3/t11-,12-/m0/s1. The Balaban J connectivity index is 2.08. The van der Waals surface area contributed by atoms with E-state index in [2.05, 4.69) is 0 Å². The molecular formula is C15H21NO5S. The van der Waals surface area contributed by atoms with Crippen LogP contribution in [0.4, 0.5) is 0 Å². The van der Waals surface area contributed by atoms with Crippen LogP contribution in [-0.4, -0.2) is 57.4 Å². The molecule has 6 nitrogen and oxygen atoms in total. The summed E-state index contributed by atoms with van der Waals surface area (Å²) in [7, 11) is -2.15. The summed E-state index contributed by atoms with van der Waals surface area (Å²) in [4.78, 5) is 13.9. The van der Waals surface area contributed by atoms with Gasteiger partial charge in [-0.15, -0.1) is 0 Å². The molecule has 0 spiro atoms. The smallest absolute Gasteiger partial charge is 0.238 e. The highest BCUT2D eigenvalue weighted by atomic mass is 32.2. The fourth-order valence-corrected chi connectivity index (χ4v) is 3.73. The fourth-order valence-electron chi connectivity index (χ4n) is 2.50. The molecule has 0 aromatic heterocycles. The van der Waals surface area contributed by atoms with Crippen LogP contribution in [0.5, 0.6) is 5.75 Å². The fraction of sp³-hybridized carbons (Fsp3) is 0.533. The highest BCUT2D eigenvalue weighted by Crippen LogP contribution is 2.18. The quantitative estimate of drug-likeness (QED) is 0.828. The number of morpholine rings is 1. The summed E-state index contributed by atoms with van der Waals surface area (Å²) in [6.45, 7) is 4.57. The average Bonchev–Trinajstić information content (AvgIpc) is 2.46. The molecular weight excluding hydrogens is 306 g/mol. The molecule has 0 N–H and O–H groups in total. The van der Waals surface area contributed by atoms with Crippen molar-refractivity contribution in [1.29, 1.82) is 0 Å². The lowest BCUT2D eigenvalue weighted by Gasteiger charge is -2.35. The molecule has 0 radical (unpaired) electrons. The molecule has 1 heterocycles. The molecule has 2 atom stereocenters. The third-order valence-electron chi connectivity index (χ3n) is 3.50. The molecule has 0 saturated carbocycles. The zero-order valence-electron chi connectivity index (χ0n) is 13.0. The van der Waals surface area contributed by atoms with Gasteiger partial charge in [-0.05, 0) is 38.1 Å². The third-order valence-corrected chi connectivity index (χ3v) is 5.12. The Kier molecular flexibility index (Phi) is 5.08. The van der Waals surface area contributed by atoms with Gasteiger partial charge >= 0.3 is 0 Å². The lowest BCUT2D eigenvalue weighted by atomic mass is 10.2. The van der Waals surface area contributed by atoms with Gasteiger partial charge in [0.15, 0.2) is 9.84 Å². The molecule has 0 aliphatic carbocycles. The summed E-state index contributed by atoms with van der Waals surface area (Å²) in [5, 5.41) is 0. The summed E-state index contributed by atoms with van der Waals surface area (Å²) in [5.41, 5.74) is 0. The van der Waals surface area contributed by atoms with E-state index >= 15 is 0 Å². The molecule has 122 valence electrons. The largest absolute Gasteiger partial charge is 0.497 e. The van der Waals surface area contributed by atoms with E-state index in [1.165, 1.54) is 19.2 Å². The topological polar surface area (TPSA) is 72.9 Å². The van der Waals surface area contributed by atoms with Crippen molar-refractivity contribution < 1.29 is 22.7 Å². The summed E-state index contributed by atoms with van der Waals surface area (Å²) in [5.74, 6) is -0.349. The minimum absolute atomic E-state index is 0.0867. The van der Waals surface area contributed by atoms with Gasteiger partial charge in [0.1, 0.15) is 11.5 Å². The highest BCUT2D eigenvalue weighted by Gasteiger charge is 2.29. The molecule has 1 aromatic rings. The van der Waals surface area contributed by atoms with Gasteiger partial charge in [0.25, 0.3) is 0 Å². The van der Waals surface area contributed by atoms with Gasteiger partial charge in [-0.1, -0.05) is 0 Å². The van der Waals surface area contributed by atoms with E-state index in [1.54, 1.807) is 17.0 Å². The first-order valence-corrected chi connectivity index (χ1v) is 8.77. The van der Waals surface area contributed by atoms with E-state index < -0.39 is 21.5 Å². The minimum Gasteiger partial charge on any atom is -0.497 e. The number of nitrogens with zero attached hydrogens (tertiary/aromatic N) is 1. The number of carbonyl (C=O) groups is 1. The number of ether oxygens (including phenoxy) is 2. The lowest BCUT2D eigenvalue weighted by Crippen LogP contribution is -2.49. The van der Waals surface area contributed by atoms with Crippen LogP contribution >= 0.6 is 0 Å². The zero-order chi connectivity index (χ0) is 16.3. The molecule has 0 unspecified atom stereocenters.